The number of nitrogens with zero attached hydrogens (tertiary/aromatic N) is 1. The van der Waals surface area contributed by atoms with Crippen LogP contribution in [0.2, 0.25) is 0 Å². The summed E-state index contributed by atoms with van der Waals surface area (Å²) in [5.41, 5.74) is 7.81. The molecule has 0 radical (unpaired) electrons. The molecule has 0 spiro atoms. The van der Waals surface area contributed by atoms with Crippen molar-refractivity contribution in [2.75, 3.05) is 0 Å². The van der Waals surface area contributed by atoms with Crippen LogP contribution in [0.15, 0.2) is 84.9 Å². The summed E-state index contributed by atoms with van der Waals surface area (Å²) in [6.07, 6.45) is 3.77. The van der Waals surface area contributed by atoms with Gasteiger partial charge in [-0.1, -0.05) is 85.6 Å². The summed E-state index contributed by atoms with van der Waals surface area (Å²) in [4.78, 5) is 101. The Bertz CT molecular complexity index is 1940. The molecule has 2 saturated heterocycles. The van der Waals surface area contributed by atoms with E-state index in [0.717, 1.165) is 17.5 Å². The number of hydrogen-bond donors (Lipinski definition) is 6. The van der Waals surface area contributed by atoms with E-state index in [1.54, 1.807) is 12.1 Å². The normalized spacial score (nSPS) is 19.1. The van der Waals surface area contributed by atoms with Crippen LogP contribution in [0.4, 0.5) is 0 Å². The SMILES string of the molecule is NC(=O)CC[C@H](NC(=O)[C@@H]1CC[C@@H]2CCCC[C@H](NC(=O)[C@@H](CC(=O)CCc3ccccc3)Cc3ccc(OP(=O)(O)O)cc3)C(=O)N21)C(=O)NCc1ccccc1. The van der Waals surface area contributed by atoms with Gasteiger partial charge in [-0.15, -0.1) is 0 Å². The molecule has 3 aromatic carbocycles. The Balaban J connectivity index is 1.29. The topological polar surface area (TPSA) is 235 Å². The Morgan fingerprint density at radius 3 is 2.12 bits per heavy atom. The van der Waals surface area contributed by atoms with Gasteiger partial charge in [-0.2, -0.15) is 0 Å². The van der Waals surface area contributed by atoms with Crippen molar-refractivity contribution < 1.29 is 47.6 Å². The number of phosphoric acid groups is 1. The van der Waals surface area contributed by atoms with Crippen molar-refractivity contribution in [3.8, 4) is 5.75 Å². The van der Waals surface area contributed by atoms with Crippen molar-refractivity contribution in [2.24, 2.45) is 11.7 Å². The van der Waals surface area contributed by atoms with Gasteiger partial charge in [-0.05, 0) is 73.8 Å². The fraction of sp³-hybridized carbons (Fsp3) is 0.429. The van der Waals surface area contributed by atoms with Gasteiger partial charge in [0, 0.05) is 37.8 Å². The molecule has 3 aromatic rings. The predicted molar refractivity (Wildman–Crippen MR) is 213 cm³/mol. The highest BCUT2D eigenvalue weighted by molar-refractivity contribution is 7.46. The molecule has 7 N–H and O–H groups in total. The lowest BCUT2D eigenvalue weighted by molar-refractivity contribution is -0.145. The highest BCUT2D eigenvalue weighted by Gasteiger charge is 2.45. The number of aryl methyl sites for hydroxylation is 1. The molecule has 0 bridgehead atoms. The molecule has 5 rings (SSSR count). The monoisotopic (exact) mass is 817 g/mol. The van der Waals surface area contributed by atoms with Crippen molar-refractivity contribution in [1.82, 2.24) is 20.9 Å². The molecule has 5 amide bonds. The number of primary amides is 1. The third-order valence-electron chi connectivity index (χ3n) is 10.6. The number of phosphoric ester groups is 1. The fourth-order valence-corrected chi connectivity index (χ4v) is 8.01. The molecule has 58 heavy (non-hydrogen) atoms. The number of nitrogens with two attached hydrogens (primary N) is 1. The van der Waals surface area contributed by atoms with Crippen molar-refractivity contribution in [2.45, 2.75) is 108 Å². The van der Waals surface area contributed by atoms with Crippen molar-refractivity contribution in [3.05, 3.63) is 102 Å². The van der Waals surface area contributed by atoms with E-state index in [9.17, 15) is 43.1 Å². The summed E-state index contributed by atoms with van der Waals surface area (Å²) in [7, 11) is -4.79. The van der Waals surface area contributed by atoms with Crippen LogP contribution in [-0.4, -0.2) is 74.2 Å². The molecular weight excluding hydrogens is 765 g/mol. The second-order valence-corrected chi connectivity index (χ2v) is 16.1. The summed E-state index contributed by atoms with van der Waals surface area (Å²) >= 11 is 0. The lowest BCUT2D eigenvalue weighted by Gasteiger charge is -2.36. The molecule has 15 nitrogen and oxygen atoms in total. The number of carbonyl (C=O) groups excluding carboxylic acids is 6. The Labute approximate surface area is 337 Å². The number of amides is 5. The van der Waals surface area contributed by atoms with Gasteiger partial charge in [0.15, 0.2) is 0 Å². The second kappa shape index (κ2) is 20.9. The van der Waals surface area contributed by atoms with E-state index in [0.29, 0.717) is 44.1 Å². The Morgan fingerprint density at radius 2 is 1.47 bits per heavy atom. The van der Waals surface area contributed by atoms with Crippen LogP contribution in [0.25, 0.3) is 0 Å². The Morgan fingerprint density at radius 1 is 0.810 bits per heavy atom. The largest absolute Gasteiger partial charge is 0.524 e. The summed E-state index contributed by atoms with van der Waals surface area (Å²) in [6.45, 7) is 0.204. The lowest BCUT2D eigenvalue weighted by Crippen LogP contribution is -2.58. The Kier molecular flexibility index (Phi) is 15.7. The van der Waals surface area contributed by atoms with Gasteiger partial charge in [0.2, 0.25) is 29.5 Å². The molecular formula is C42H52N5O10P. The number of rotatable bonds is 19. The zero-order valence-corrected chi connectivity index (χ0v) is 33.2. The van der Waals surface area contributed by atoms with Crippen LogP contribution in [0, 0.1) is 5.92 Å². The molecule has 0 saturated carbocycles. The first-order valence-corrected chi connectivity index (χ1v) is 21.2. The van der Waals surface area contributed by atoms with E-state index in [2.05, 4.69) is 20.5 Å². The number of nitrogens with one attached hydrogen (secondary N) is 3. The maximum Gasteiger partial charge on any atom is 0.524 e. The van der Waals surface area contributed by atoms with Gasteiger partial charge >= 0.3 is 7.82 Å². The first-order chi connectivity index (χ1) is 27.8. The summed E-state index contributed by atoms with van der Waals surface area (Å²) in [6, 6.07) is 21.3. The molecule has 310 valence electrons. The number of ketones is 1. The van der Waals surface area contributed by atoms with E-state index < -0.39 is 61.4 Å². The quantitative estimate of drug-likeness (QED) is 0.0966. The zero-order chi connectivity index (χ0) is 41.7. The molecule has 2 fully saturated rings. The number of hydrogen-bond acceptors (Lipinski definition) is 8. The van der Waals surface area contributed by atoms with Crippen LogP contribution in [0.3, 0.4) is 0 Å². The molecule has 0 unspecified atom stereocenters. The molecule has 0 aromatic heterocycles. The maximum atomic E-state index is 14.4. The van der Waals surface area contributed by atoms with Crippen LogP contribution in [0.5, 0.6) is 5.75 Å². The smallest absolute Gasteiger partial charge is 0.404 e. The van der Waals surface area contributed by atoms with Crippen molar-refractivity contribution in [1.29, 1.82) is 0 Å². The standard InChI is InChI=1S/C42H52N5O10P/c43-38(49)24-22-35(40(51)44-27-30-11-5-2-6-12-30)45-41(52)37-23-18-32-13-7-8-14-36(42(53)47(32)37)46-39(50)31(26-33(48)19-15-28-9-3-1-4-10-28)25-29-16-20-34(21-17-29)57-58(54,55)56/h1-6,9-12,16-17,20-21,31-32,35-37H,7-8,13-15,18-19,22-27H2,(H2,43,49)(H,44,51)(H,45,52)(H,46,50)(H2,54,55,56)/t31-,32+,35+,36+,37+/m1/s1. The van der Waals surface area contributed by atoms with Gasteiger partial charge in [0.25, 0.3) is 0 Å². The molecule has 16 heteroatoms. The number of carbonyl (C=O) groups is 6. The van der Waals surface area contributed by atoms with Gasteiger partial charge in [-0.25, -0.2) is 4.57 Å². The van der Waals surface area contributed by atoms with Crippen molar-refractivity contribution in [3.63, 3.8) is 0 Å². The van der Waals surface area contributed by atoms with Gasteiger partial charge in [0.05, 0.1) is 0 Å². The van der Waals surface area contributed by atoms with Crippen LogP contribution in [-0.2, 0) is 52.7 Å². The number of benzene rings is 3. The average molecular weight is 818 g/mol. The fourth-order valence-electron chi connectivity index (χ4n) is 7.62. The van der Waals surface area contributed by atoms with Gasteiger partial charge < -0.3 is 31.1 Å². The maximum absolute atomic E-state index is 14.4. The first kappa shape index (κ1) is 43.7. The molecule has 2 heterocycles. The average Bonchev–Trinajstić information content (AvgIpc) is 3.62. The van der Waals surface area contributed by atoms with Crippen LogP contribution < -0.4 is 26.2 Å². The number of fused-ring (bicyclic) bond motifs is 1. The van der Waals surface area contributed by atoms with E-state index in [1.807, 2.05) is 60.7 Å². The van der Waals surface area contributed by atoms with E-state index >= 15 is 0 Å². The Hall–Kier alpha value is -5.37. The highest BCUT2D eigenvalue weighted by Crippen LogP contribution is 2.37. The highest BCUT2D eigenvalue weighted by atomic mass is 31.2. The van der Waals surface area contributed by atoms with E-state index in [-0.39, 0.29) is 56.2 Å². The van der Waals surface area contributed by atoms with E-state index in [4.69, 9.17) is 5.73 Å². The second-order valence-electron chi connectivity index (χ2n) is 15.0. The van der Waals surface area contributed by atoms with Gasteiger partial charge in [-0.3, -0.25) is 38.6 Å². The summed E-state index contributed by atoms with van der Waals surface area (Å²) in [5, 5.41) is 8.49. The van der Waals surface area contributed by atoms with E-state index in [1.165, 1.54) is 17.0 Å². The molecule has 2 aliphatic rings. The third-order valence-corrected chi connectivity index (χ3v) is 11.0. The van der Waals surface area contributed by atoms with Crippen molar-refractivity contribution >= 4 is 43.1 Å². The van der Waals surface area contributed by atoms with Gasteiger partial charge in [0.1, 0.15) is 29.7 Å². The van der Waals surface area contributed by atoms with Crippen LogP contribution in [0.1, 0.15) is 80.9 Å². The minimum atomic E-state index is -4.79. The molecule has 5 atom stereocenters. The van der Waals surface area contributed by atoms with Crippen LogP contribution >= 0.6 is 7.82 Å². The zero-order valence-electron chi connectivity index (χ0n) is 32.3. The first-order valence-electron chi connectivity index (χ1n) is 19.7. The summed E-state index contributed by atoms with van der Waals surface area (Å²) in [5.74, 6) is -3.71. The number of Topliss-reactive ketones (excluding diaryl/α,β-unsaturated/α-hetero) is 1. The lowest BCUT2D eigenvalue weighted by atomic mass is 9.90. The minimum absolute atomic E-state index is 0.0324. The summed E-state index contributed by atoms with van der Waals surface area (Å²) < 4.78 is 16.0. The predicted octanol–water partition coefficient (Wildman–Crippen LogP) is 3.39. The third kappa shape index (κ3) is 13.4. The molecule has 0 aliphatic carbocycles. The molecule has 2 aliphatic heterocycles. The minimum Gasteiger partial charge on any atom is -0.404 e.